The fraction of sp³-hybridized carbons (Fsp3) is 0.300. The topological polar surface area (TPSA) is 76.7 Å². The summed E-state index contributed by atoms with van der Waals surface area (Å²) in [5.74, 6) is -1.96. The molecule has 0 aromatic heterocycles. The largest absolute Gasteiger partial charge is 0.497 e. The van der Waals surface area contributed by atoms with Gasteiger partial charge in [-0.1, -0.05) is 0 Å². The molecule has 2 N–H and O–H groups in total. The standard InChI is InChI=1S/C20H22F2N2O4/c1-20(2,19(26)24-13-4-9-16(21)17(22)12-13)18(25)23-10-11-28-15-7-5-14(27-3)6-8-15/h4-9,12H,10-11H2,1-3H3,(H,23,25)(H,24,26). The molecular formula is C20H22F2N2O4. The third kappa shape index (κ3) is 5.42. The lowest BCUT2D eigenvalue weighted by Crippen LogP contribution is -2.46. The van der Waals surface area contributed by atoms with E-state index in [1.54, 1.807) is 31.4 Å². The minimum absolute atomic E-state index is 0.0626. The van der Waals surface area contributed by atoms with Crippen molar-refractivity contribution in [2.45, 2.75) is 13.8 Å². The summed E-state index contributed by atoms with van der Waals surface area (Å²) in [7, 11) is 1.57. The van der Waals surface area contributed by atoms with Crippen LogP contribution in [0.3, 0.4) is 0 Å². The highest BCUT2D eigenvalue weighted by atomic mass is 19.2. The molecule has 28 heavy (non-hydrogen) atoms. The van der Waals surface area contributed by atoms with E-state index >= 15 is 0 Å². The average molecular weight is 392 g/mol. The van der Waals surface area contributed by atoms with Crippen molar-refractivity contribution in [3.8, 4) is 11.5 Å². The van der Waals surface area contributed by atoms with Crippen LogP contribution in [0.25, 0.3) is 0 Å². The second-order valence-corrected chi connectivity index (χ2v) is 6.49. The summed E-state index contributed by atoms with van der Waals surface area (Å²) in [4.78, 5) is 24.7. The smallest absolute Gasteiger partial charge is 0.239 e. The monoisotopic (exact) mass is 392 g/mol. The summed E-state index contributed by atoms with van der Waals surface area (Å²) in [5, 5.41) is 5.03. The van der Waals surface area contributed by atoms with Crippen molar-refractivity contribution >= 4 is 17.5 Å². The van der Waals surface area contributed by atoms with Gasteiger partial charge >= 0.3 is 0 Å². The number of benzene rings is 2. The van der Waals surface area contributed by atoms with E-state index in [4.69, 9.17) is 9.47 Å². The number of rotatable bonds is 8. The van der Waals surface area contributed by atoms with Crippen LogP contribution in [0.2, 0.25) is 0 Å². The van der Waals surface area contributed by atoms with Crippen LogP contribution in [-0.4, -0.2) is 32.1 Å². The minimum Gasteiger partial charge on any atom is -0.497 e. The van der Waals surface area contributed by atoms with Gasteiger partial charge in [-0.05, 0) is 50.2 Å². The molecule has 0 fully saturated rings. The molecule has 150 valence electrons. The second kappa shape index (κ2) is 9.16. The lowest BCUT2D eigenvalue weighted by atomic mass is 9.91. The van der Waals surface area contributed by atoms with E-state index < -0.39 is 28.9 Å². The number of anilines is 1. The number of amides is 2. The molecular weight excluding hydrogens is 370 g/mol. The Hall–Kier alpha value is -3.16. The summed E-state index contributed by atoms with van der Waals surface area (Å²) in [6.07, 6.45) is 0. The van der Waals surface area contributed by atoms with Crippen molar-refractivity contribution in [2.75, 3.05) is 25.6 Å². The number of hydrogen-bond acceptors (Lipinski definition) is 4. The Morgan fingerprint density at radius 3 is 2.21 bits per heavy atom. The number of hydrogen-bond donors (Lipinski definition) is 2. The van der Waals surface area contributed by atoms with Gasteiger partial charge in [0.05, 0.1) is 13.7 Å². The van der Waals surface area contributed by atoms with Crippen LogP contribution in [-0.2, 0) is 9.59 Å². The van der Waals surface area contributed by atoms with Crippen molar-refractivity contribution in [3.63, 3.8) is 0 Å². The van der Waals surface area contributed by atoms with Crippen molar-refractivity contribution in [2.24, 2.45) is 5.41 Å². The summed E-state index contributed by atoms with van der Waals surface area (Å²) in [6.45, 7) is 3.26. The first-order valence-electron chi connectivity index (χ1n) is 8.55. The summed E-state index contributed by atoms with van der Waals surface area (Å²) >= 11 is 0. The number of carbonyl (C=O) groups excluding carboxylic acids is 2. The molecule has 0 bridgehead atoms. The first kappa shape index (κ1) is 21.1. The summed E-state index contributed by atoms with van der Waals surface area (Å²) in [5.41, 5.74) is -1.36. The minimum atomic E-state index is -1.43. The molecule has 2 rings (SSSR count). The van der Waals surface area contributed by atoms with Gasteiger partial charge in [-0.2, -0.15) is 0 Å². The van der Waals surface area contributed by atoms with Gasteiger partial charge in [0.15, 0.2) is 11.6 Å². The summed E-state index contributed by atoms with van der Waals surface area (Å²) < 4.78 is 36.8. The maximum absolute atomic E-state index is 13.2. The normalized spacial score (nSPS) is 10.9. The molecule has 0 aliphatic heterocycles. The van der Waals surface area contributed by atoms with Gasteiger partial charge in [-0.25, -0.2) is 8.78 Å². The first-order valence-corrected chi connectivity index (χ1v) is 8.55. The van der Waals surface area contributed by atoms with Crippen LogP contribution in [0.15, 0.2) is 42.5 Å². The molecule has 8 heteroatoms. The highest BCUT2D eigenvalue weighted by Crippen LogP contribution is 2.21. The van der Waals surface area contributed by atoms with Crippen LogP contribution in [0, 0.1) is 17.0 Å². The second-order valence-electron chi connectivity index (χ2n) is 6.49. The molecule has 0 aliphatic carbocycles. The Balaban J connectivity index is 1.83. The SMILES string of the molecule is COc1ccc(OCCNC(=O)C(C)(C)C(=O)Nc2ccc(F)c(F)c2)cc1. The molecule has 2 amide bonds. The van der Waals surface area contributed by atoms with E-state index in [0.29, 0.717) is 11.5 Å². The zero-order valence-corrected chi connectivity index (χ0v) is 15.8. The van der Waals surface area contributed by atoms with Crippen molar-refractivity contribution in [1.82, 2.24) is 5.32 Å². The van der Waals surface area contributed by atoms with Crippen molar-refractivity contribution in [1.29, 1.82) is 0 Å². The van der Waals surface area contributed by atoms with Crippen molar-refractivity contribution < 1.29 is 27.8 Å². The van der Waals surface area contributed by atoms with Gasteiger partial charge in [0, 0.05) is 11.8 Å². The number of halogens is 2. The Labute approximate surface area is 161 Å². The molecule has 0 aliphatic rings. The van der Waals surface area contributed by atoms with Gasteiger partial charge in [0.2, 0.25) is 11.8 Å². The summed E-state index contributed by atoms with van der Waals surface area (Å²) in [6, 6.07) is 9.93. The van der Waals surface area contributed by atoms with Gasteiger partial charge in [0.25, 0.3) is 0 Å². The first-order chi connectivity index (χ1) is 13.2. The third-order valence-electron chi connectivity index (χ3n) is 4.03. The predicted octanol–water partition coefficient (Wildman–Crippen LogP) is 3.13. The third-order valence-corrected chi connectivity index (χ3v) is 4.03. The lowest BCUT2D eigenvalue weighted by molar-refractivity contribution is -0.138. The van der Waals surface area contributed by atoms with Crippen LogP contribution in [0.1, 0.15) is 13.8 Å². The lowest BCUT2D eigenvalue weighted by Gasteiger charge is -2.22. The molecule has 2 aromatic rings. The molecule has 0 saturated heterocycles. The molecule has 0 saturated carbocycles. The van der Waals surface area contributed by atoms with Crippen LogP contribution in [0.4, 0.5) is 14.5 Å². The van der Waals surface area contributed by atoms with Crippen molar-refractivity contribution in [3.05, 3.63) is 54.1 Å². The Bertz CT molecular complexity index is 839. The maximum atomic E-state index is 13.2. The average Bonchev–Trinajstić information content (AvgIpc) is 2.68. The predicted molar refractivity (Wildman–Crippen MR) is 100 cm³/mol. The fourth-order valence-electron chi connectivity index (χ4n) is 2.19. The van der Waals surface area contributed by atoms with E-state index in [0.717, 1.165) is 12.1 Å². The number of nitrogens with one attached hydrogen (secondary N) is 2. The Kier molecular flexibility index (Phi) is 6.92. The van der Waals surface area contributed by atoms with Crippen LogP contribution < -0.4 is 20.1 Å². The number of carbonyl (C=O) groups is 2. The molecule has 0 atom stereocenters. The van der Waals surface area contributed by atoms with Crippen LogP contribution in [0.5, 0.6) is 11.5 Å². The van der Waals surface area contributed by atoms with Gasteiger partial charge in [0.1, 0.15) is 23.5 Å². The molecule has 0 unspecified atom stereocenters. The Morgan fingerprint density at radius 2 is 1.61 bits per heavy atom. The molecule has 0 radical (unpaired) electrons. The zero-order valence-electron chi connectivity index (χ0n) is 15.8. The number of methoxy groups -OCH3 is 1. The van der Waals surface area contributed by atoms with E-state index in [1.807, 2.05) is 0 Å². The molecule has 0 spiro atoms. The molecule has 0 heterocycles. The molecule has 2 aromatic carbocycles. The Morgan fingerprint density at radius 1 is 0.964 bits per heavy atom. The van der Waals surface area contributed by atoms with E-state index in [-0.39, 0.29) is 18.8 Å². The quantitative estimate of drug-likeness (QED) is 0.535. The van der Waals surface area contributed by atoms with Crippen LogP contribution >= 0.6 is 0 Å². The van der Waals surface area contributed by atoms with E-state index in [1.165, 1.54) is 19.9 Å². The number of ether oxygens (including phenoxy) is 2. The maximum Gasteiger partial charge on any atom is 0.239 e. The van der Waals surface area contributed by atoms with E-state index in [9.17, 15) is 18.4 Å². The van der Waals surface area contributed by atoms with Gasteiger partial charge < -0.3 is 20.1 Å². The van der Waals surface area contributed by atoms with Gasteiger partial charge in [-0.15, -0.1) is 0 Å². The highest BCUT2D eigenvalue weighted by Gasteiger charge is 2.36. The fourth-order valence-corrected chi connectivity index (χ4v) is 2.19. The zero-order chi connectivity index (χ0) is 20.7. The van der Waals surface area contributed by atoms with Gasteiger partial charge in [-0.3, -0.25) is 9.59 Å². The molecule has 6 nitrogen and oxygen atoms in total. The van der Waals surface area contributed by atoms with E-state index in [2.05, 4.69) is 10.6 Å². The highest BCUT2D eigenvalue weighted by molar-refractivity contribution is 6.09.